The highest BCUT2D eigenvalue weighted by molar-refractivity contribution is 6.21. The summed E-state index contributed by atoms with van der Waals surface area (Å²) < 4.78 is 0. The summed E-state index contributed by atoms with van der Waals surface area (Å²) in [5.74, 6) is -0.274. The first-order valence-corrected chi connectivity index (χ1v) is 9.82. The summed E-state index contributed by atoms with van der Waals surface area (Å²) in [6, 6.07) is 7.08. The smallest absolute Gasteiger partial charge is 0.261 e. The van der Waals surface area contributed by atoms with Gasteiger partial charge in [-0.3, -0.25) is 14.5 Å². The Morgan fingerprint density at radius 1 is 0.640 bits per heavy atom. The quantitative estimate of drug-likeness (QED) is 0.421. The number of nitrogens with zero attached hydrogens (tertiary/aromatic N) is 1. The van der Waals surface area contributed by atoms with E-state index < -0.39 is 0 Å². The zero-order chi connectivity index (χ0) is 17.9. The third kappa shape index (κ3) is 5.96. The highest BCUT2D eigenvalue weighted by Gasteiger charge is 2.34. The largest absolute Gasteiger partial charge is 0.396 e. The molecule has 0 spiro atoms. The van der Waals surface area contributed by atoms with E-state index in [1.807, 2.05) is 0 Å². The predicted octanol–water partition coefficient (Wildman–Crippen LogP) is 4.57. The van der Waals surface area contributed by atoms with Crippen molar-refractivity contribution in [2.45, 2.75) is 70.6 Å². The molecule has 0 saturated heterocycles. The highest BCUT2D eigenvalue weighted by atomic mass is 16.3. The first-order chi connectivity index (χ1) is 12.3. The lowest BCUT2D eigenvalue weighted by atomic mass is 10.1. The first kappa shape index (κ1) is 19.6. The van der Waals surface area contributed by atoms with E-state index >= 15 is 0 Å². The molecule has 2 amide bonds. The molecular formula is C21H31NO3. The van der Waals surface area contributed by atoms with Crippen molar-refractivity contribution in [2.24, 2.45) is 0 Å². The lowest BCUT2D eigenvalue weighted by Gasteiger charge is -2.13. The second-order valence-electron chi connectivity index (χ2n) is 6.92. The normalized spacial score (nSPS) is 13.6. The van der Waals surface area contributed by atoms with Crippen molar-refractivity contribution in [1.29, 1.82) is 0 Å². The molecule has 138 valence electrons. The fourth-order valence-electron chi connectivity index (χ4n) is 3.41. The van der Waals surface area contributed by atoms with Gasteiger partial charge in [0.05, 0.1) is 11.1 Å². The molecule has 2 rings (SSSR count). The van der Waals surface area contributed by atoms with Crippen molar-refractivity contribution < 1.29 is 14.7 Å². The number of hydrogen-bond acceptors (Lipinski definition) is 3. The number of unbranched alkanes of at least 4 members (excludes halogenated alkanes) is 10. The van der Waals surface area contributed by atoms with Crippen molar-refractivity contribution in [3.05, 3.63) is 35.4 Å². The van der Waals surface area contributed by atoms with Crippen LogP contribution < -0.4 is 0 Å². The van der Waals surface area contributed by atoms with Crippen molar-refractivity contribution in [2.75, 3.05) is 13.2 Å². The van der Waals surface area contributed by atoms with Crippen LogP contribution in [0.1, 0.15) is 91.3 Å². The van der Waals surface area contributed by atoms with Gasteiger partial charge in [-0.15, -0.1) is 0 Å². The van der Waals surface area contributed by atoms with E-state index in [0.717, 1.165) is 25.7 Å². The zero-order valence-electron chi connectivity index (χ0n) is 15.2. The Bertz CT molecular complexity index is 521. The fraction of sp³-hybridized carbons (Fsp3) is 0.619. The molecule has 1 heterocycles. The lowest BCUT2D eigenvalue weighted by Crippen LogP contribution is -2.30. The monoisotopic (exact) mass is 345 g/mol. The van der Waals surface area contributed by atoms with Crippen LogP contribution in [0.15, 0.2) is 24.3 Å². The van der Waals surface area contributed by atoms with Crippen LogP contribution in [-0.2, 0) is 0 Å². The Morgan fingerprint density at radius 3 is 1.48 bits per heavy atom. The average Bonchev–Trinajstić information content (AvgIpc) is 2.87. The van der Waals surface area contributed by atoms with Gasteiger partial charge in [0.1, 0.15) is 0 Å². The summed E-state index contributed by atoms with van der Waals surface area (Å²) in [7, 11) is 0. The van der Waals surface area contributed by atoms with Gasteiger partial charge in [0.15, 0.2) is 0 Å². The van der Waals surface area contributed by atoms with Crippen molar-refractivity contribution in [3.63, 3.8) is 0 Å². The molecule has 0 radical (unpaired) electrons. The summed E-state index contributed by atoms with van der Waals surface area (Å²) in [5, 5.41) is 8.71. The summed E-state index contributed by atoms with van der Waals surface area (Å²) in [5.41, 5.74) is 1.10. The summed E-state index contributed by atoms with van der Waals surface area (Å²) >= 11 is 0. The predicted molar refractivity (Wildman–Crippen MR) is 99.7 cm³/mol. The number of benzene rings is 1. The van der Waals surface area contributed by atoms with Gasteiger partial charge in [0, 0.05) is 13.2 Å². The number of amides is 2. The van der Waals surface area contributed by atoms with E-state index in [1.54, 1.807) is 24.3 Å². The Morgan fingerprint density at radius 2 is 1.04 bits per heavy atom. The Kier molecular flexibility index (Phi) is 8.67. The number of rotatable bonds is 13. The molecule has 0 saturated carbocycles. The van der Waals surface area contributed by atoms with E-state index in [2.05, 4.69) is 0 Å². The minimum Gasteiger partial charge on any atom is -0.396 e. The SMILES string of the molecule is O=C1c2ccccc2C(=O)N1CCCCCCCCCCCCCO. The van der Waals surface area contributed by atoms with Crippen LogP contribution >= 0.6 is 0 Å². The molecule has 4 nitrogen and oxygen atoms in total. The minimum atomic E-state index is -0.137. The molecule has 0 bridgehead atoms. The maximum absolute atomic E-state index is 12.2. The average molecular weight is 345 g/mol. The van der Waals surface area contributed by atoms with Crippen LogP contribution in [0, 0.1) is 0 Å². The molecule has 0 unspecified atom stereocenters. The van der Waals surface area contributed by atoms with Gasteiger partial charge in [0.25, 0.3) is 11.8 Å². The summed E-state index contributed by atoms with van der Waals surface area (Å²) in [4.78, 5) is 25.9. The minimum absolute atomic E-state index is 0.137. The van der Waals surface area contributed by atoms with Crippen LogP contribution in [0.5, 0.6) is 0 Å². The Labute approximate surface area is 151 Å². The van der Waals surface area contributed by atoms with E-state index in [9.17, 15) is 9.59 Å². The molecule has 0 fully saturated rings. The van der Waals surface area contributed by atoms with Gasteiger partial charge in [-0.25, -0.2) is 0 Å². The van der Waals surface area contributed by atoms with Crippen molar-refractivity contribution in [3.8, 4) is 0 Å². The summed E-state index contributed by atoms with van der Waals surface area (Å²) in [6.07, 6.45) is 12.8. The van der Waals surface area contributed by atoms with Crippen LogP contribution in [-0.4, -0.2) is 35.0 Å². The molecule has 1 aliphatic rings. The summed E-state index contributed by atoms with van der Waals surface area (Å²) in [6.45, 7) is 0.859. The highest BCUT2D eigenvalue weighted by Crippen LogP contribution is 2.23. The molecule has 0 atom stereocenters. The number of aliphatic hydroxyl groups is 1. The van der Waals surface area contributed by atoms with Crippen LogP contribution in [0.25, 0.3) is 0 Å². The number of carbonyl (C=O) groups is 2. The maximum Gasteiger partial charge on any atom is 0.261 e. The number of aliphatic hydroxyl groups excluding tert-OH is 1. The van der Waals surface area contributed by atoms with Gasteiger partial charge in [-0.1, -0.05) is 69.9 Å². The first-order valence-electron chi connectivity index (χ1n) is 9.82. The van der Waals surface area contributed by atoms with E-state index in [1.165, 1.54) is 49.8 Å². The lowest BCUT2D eigenvalue weighted by molar-refractivity contribution is 0.0651. The molecule has 4 heteroatoms. The van der Waals surface area contributed by atoms with E-state index in [0.29, 0.717) is 24.3 Å². The topological polar surface area (TPSA) is 57.6 Å². The number of fused-ring (bicyclic) bond motifs is 1. The van der Waals surface area contributed by atoms with Crippen LogP contribution in [0.2, 0.25) is 0 Å². The van der Waals surface area contributed by atoms with Crippen LogP contribution in [0.4, 0.5) is 0 Å². The number of hydrogen-bond donors (Lipinski definition) is 1. The standard InChI is InChI=1S/C21H31NO3/c23-17-13-9-7-5-3-1-2-4-6-8-12-16-22-20(24)18-14-10-11-15-19(18)21(22)25/h10-11,14-15,23H,1-9,12-13,16-17H2. The third-order valence-corrected chi connectivity index (χ3v) is 4.92. The second-order valence-corrected chi connectivity index (χ2v) is 6.92. The molecule has 25 heavy (non-hydrogen) atoms. The Balaban J connectivity index is 1.49. The van der Waals surface area contributed by atoms with Gasteiger partial charge < -0.3 is 5.11 Å². The third-order valence-electron chi connectivity index (χ3n) is 4.92. The van der Waals surface area contributed by atoms with Crippen molar-refractivity contribution >= 4 is 11.8 Å². The Hall–Kier alpha value is -1.68. The molecule has 1 aliphatic heterocycles. The molecule has 1 aromatic carbocycles. The maximum atomic E-state index is 12.2. The van der Waals surface area contributed by atoms with E-state index in [-0.39, 0.29) is 11.8 Å². The molecule has 0 aliphatic carbocycles. The molecular weight excluding hydrogens is 314 g/mol. The van der Waals surface area contributed by atoms with Gasteiger partial charge >= 0.3 is 0 Å². The van der Waals surface area contributed by atoms with Gasteiger partial charge in [0.2, 0.25) is 0 Å². The fourth-order valence-corrected chi connectivity index (χ4v) is 3.41. The molecule has 1 aromatic rings. The van der Waals surface area contributed by atoms with Gasteiger partial charge in [-0.2, -0.15) is 0 Å². The van der Waals surface area contributed by atoms with Crippen molar-refractivity contribution in [1.82, 2.24) is 4.90 Å². The molecule has 0 aromatic heterocycles. The van der Waals surface area contributed by atoms with Crippen LogP contribution in [0.3, 0.4) is 0 Å². The number of carbonyl (C=O) groups excluding carboxylic acids is 2. The molecule has 1 N–H and O–H groups in total. The second kappa shape index (κ2) is 11.0. The van der Waals surface area contributed by atoms with E-state index in [4.69, 9.17) is 5.11 Å². The number of imide groups is 1. The van der Waals surface area contributed by atoms with Gasteiger partial charge in [-0.05, 0) is 25.0 Å². The zero-order valence-corrected chi connectivity index (χ0v) is 15.2.